The minimum Gasteiger partial charge on any atom is -0.244 e. The monoisotopic (exact) mass is 232 g/mol. The third-order valence-electron chi connectivity index (χ3n) is 1.60. The van der Waals surface area contributed by atoms with Crippen LogP contribution in [0.1, 0.15) is 0 Å². The SMILES string of the molecule is Clc1cc2cc(Cl)nc(Cl)c2cn1. The number of hydrogen-bond acceptors (Lipinski definition) is 2. The summed E-state index contributed by atoms with van der Waals surface area (Å²) in [5.41, 5.74) is 0. The van der Waals surface area contributed by atoms with Crippen LogP contribution in [0.3, 0.4) is 0 Å². The summed E-state index contributed by atoms with van der Waals surface area (Å²) in [6, 6.07) is 3.38. The maximum absolute atomic E-state index is 5.84. The Labute approximate surface area is 89.5 Å². The van der Waals surface area contributed by atoms with Crippen molar-refractivity contribution in [2.75, 3.05) is 0 Å². The molecule has 0 aliphatic heterocycles. The van der Waals surface area contributed by atoms with E-state index in [1.54, 1.807) is 18.3 Å². The lowest BCUT2D eigenvalue weighted by atomic mass is 10.2. The van der Waals surface area contributed by atoms with Gasteiger partial charge in [-0.2, -0.15) is 0 Å². The Balaban J connectivity index is 2.86. The normalized spacial score (nSPS) is 10.7. The summed E-state index contributed by atoms with van der Waals surface area (Å²) in [7, 11) is 0. The third kappa shape index (κ3) is 1.70. The highest BCUT2D eigenvalue weighted by Gasteiger charge is 2.03. The van der Waals surface area contributed by atoms with E-state index in [0.29, 0.717) is 15.5 Å². The Morgan fingerprint density at radius 1 is 1.00 bits per heavy atom. The Kier molecular flexibility index (Phi) is 2.28. The molecule has 13 heavy (non-hydrogen) atoms. The molecule has 2 rings (SSSR count). The lowest BCUT2D eigenvalue weighted by molar-refractivity contribution is 1.32. The van der Waals surface area contributed by atoms with Gasteiger partial charge in [0.2, 0.25) is 0 Å². The number of fused-ring (bicyclic) bond motifs is 1. The molecule has 0 unspecified atom stereocenters. The average molecular weight is 233 g/mol. The predicted octanol–water partition coefficient (Wildman–Crippen LogP) is 3.59. The van der Waals surface area contributed by atoms with E-state index < -0.39 is 0 Å². The van der Waals surface area contributed by atoms with E-state index >= 15 is 0 Å². The Morgan fingerprint density at radius 2 is 1.69 bits per heavy atom. The molecule has 0 aliphatic rings. The van der Waals surface area contributed by atoms with E-state index in [1.807, 2.05) is 0 Å². The molecule has 2 aromatic rings. The second kappa shape index (κ2) is 3.29. The van der Waals surface area contributed by atoms with Crippen LogP contribution in [-0.2, 0) is 0 Å². The Bertz CT molecular complexity index is 465. The maximum Gasteiger partial charge on any atom is 0.140 e. The van der Waals surface area contributed by atoms with Crippen LogP contribution >= 0.6 is 34.8 Å². The van der Waals surface area contributed by atoms with Gasteiger partial charge >= 0.3 is 0 Å². The lowest BCUT2D eigenvalue weighted by Crippen LogP contribution is -1.83. The number of nitrogens with zero attached hydrogens (tertiary/aromatic N) is 2. The van der Waals surface area contributed by atoms with Crippen molar-refractivity contribution in [3.63, 3.8) is 0 Å². The predicted molar refractivity (Wildman–Crippen MR) is 54.6 cm³/mol. The van der Waals surface area contributed by atoms with Gasteiger partial charge in [0.1, 0.15) is 15.5 Å². The summed E-state index contributed by atoms with van der Waals surface area (Å²) in [5, 5.41) is 2.68. The summed E-state index contributed by atoms with van der Waals surface area (Å²) in [4.78, 5) is 7.77. The Morgan fingerprint density at radius 3 is 2.46 bits per heavy atom. The summed E-state index contributed by atoms with van der Waals surface area (Å²) in [5.74, 6) is 0. The first-order chi connectivity index (χ1) is 6.16. The van der Waals surface area contributed by atoms with Crippen LogP contribution in [0.25, 0.3) is 10.8 Å². The second-order valence-electron chi connectivity index (χ2n) is 2.46. The fourth-order valence-electron chi connectivity index (χ4n) is 1.05. The quantitative estimate of drug-likeness (QED) is 0.650. The number of hydrogen-bond donors (Lipinski definition) is 0. The van der Waals surface area contributed by atoms with Gasteiger partial charge in [0, 0.05) is 11.6 Å². The number of aromatic nitrogens is 2. The van der Waals surface area contributed by atoms with Crippen LogP contribution in [0, 0.1) is 0 Å². The second-order valence-corrected chi connectivity index (χ2v) is 3.60. The van der Waals surface area contributed by atoms with Crippen molar-refractivity contribution in [3.8, 4) is 0 Å². The molecule has 66 valence electrons. The van der Waals surface area contributed by atoms with Crippen molar-refractivity contribution >= 4 is 45.6 Å². The van der Waals surface area contributed by atoms with Gasteiger partial charge in [-0.15, -0.1) is 0 Å². The highest BCUT2D eigenvalue weighted by atomic mass is 35.5. The van der Waals surface area contributed by atoms with Gasteiger partial charge in [-0.1, -0.05) is 34.8 Å². The Hall–Kier alpha value is -0.570. The van der Waals surface area contributed by atoms with Crippen LogP contribution in [-0.4, -0.2) is 9.97 Å². The molecule has 0 amide bonds. The van der Waals surface area contributed by atoms with Crippen molar-refractivity contribution in [2.24, 2.45) is 0 Å². The first kappa shape index (κ1) is 9.00. The molecule has 0 atom stereocenters. The van der Waals surface area contributed by atoms with E-state index in [-0.39, 0.29) is 0 Å². The van der Waals surface area contributed by atoms with Crippen LogP contribution in [0.4, 0.5) is 0 Å². The molecule has 2 aromatic heterocycles. The molecular weight excluding hydrogens is 230 g/mol. The summed E-state index contributed by atoms with van der Waals surface area (Å²) in [6.45, 7) is 0. The van der Waals surface area contributed by atoms with Crippen LogP contribution < -0.4 is 0 Å². The van der Waals surface area contributed by atoms with Gasteiger partial charge in [0.05, 0.1) is 0 Å². The maximum atomic E-state index is 5.84. The number of halogens is 3. The molecule has 0 saturated heterocycles. The largest absolute Gasteiger partial charge is 0.244 e. The topological polar surface area (TPSA) is 25.8 Å². The summed E-state index contributed by atoms with van der Waals surface area (Å²) in [6.07, 6.45) is 1.57. The highest BCUT2D eigenvalue weighted by molar-refractivity contribution is 6.37. The average Bonchev–Trinajstić information content (AvgIpc) is 2.02. The number of rotatable bonds is 0. The van der Waals surface area contributed by atoms with Gasteiger partial charge < -0.3 is 0 Å². The van der Waals surface area contributed by atoms with Gasteiger partial charge in [0.25, 0.3) is 0 Å². The van der Waals surface area contributed by atoms with Crippen molar-refractivity contribution in [2.45, 2.75) is 0 Å². The summed E-state index contributed by atoms with van der Waals surface area (Å²) < 4.78 is 0. The molecule has 0 saturated carbocycles. The molecule has 2 heterocycles. The van der Waals surface area contributed by atoms with Crippen molar-refractivity contribution in [1.29, 1.82) is 0 Å². The van der Waals surface area contributed by atoms with E-state index in [2.05, 4.69) is 9.97 Å². The first-order valence-corrected chi connectivity index (χ1v) is 4.57. The zero-order valence-electron chi connectivity index (χ0n) is 6.26. The molecule has 2 nitrogen and oxygen atoms in total. The van der Waals surface area contributed by atoms with Crippen molar-refractivity contribution in [3.05, 3.63) is 33.8 Å². The van der Waals surface area contributed by atoms with Crippen LogP contribution in [0.2, 0.25) is 15.5 Å². The van der Waals surface area contributed by atoms with E-state index in [4.69, 9.17) is 34.8 Å². The van der Waals surface area contributed by atoms with Crippen LogP contribution in [0.15, 0.2) is 18.3 Å². The first-order valence-electron chi connectivity index (χ1n) is 3.44. The lowest BCUT2D eigenvalue weighted by Gasteiger charge is -1.99. The fourth-order valence-corrected chi connectivity index (χ4v) is 1.71. The molecule has 0 radical (unpaired) electrons. The zero-order chi connectivity index (χ0) is 9.42. The molecule has 0 N–H and O–H groups in total. The fraction of sp³-hybridized carbons (Fsp3) is 0. The highest BCUT2D eigenvalue weighted by Crippen LogP contribution is 2.25. The number of pyridine rings is 2. The van der Waals surface area contributed by atoms with Crippen molar-refractivity contribution in [1.82, 2.24) is 9.97 Å². The smallest absolute Gasteiger partial charge is 0.140 e. The van der Waals surface area contributed by atoms with E-state index in [9.17, 15) is 0 Å². The zero-order valence-corrected chi connectivity index (χ0v) is 8.53. The van der Waals surface area contributed by atoms with E-state index in [1.165, 1.54) is 0 Å². The minimum atomic E-state index is 0.340. The molecular formula is C8H3Cl3N2. The molecule has 0 spiro atoms. The third-order valence-corrected chi connectivity index (χ3v) is 2.29. The molecule has 0 aliphatic carbocycles. The van der Waals surface area contributed by atoms with Crippen LogP contribution in [0.5, 0.6) is 0 Å². The molecule has 0 bridgehead atoms. The van der Waals surface area contributed by atoms with Crippen molar-refractivity contribution < 1.29 is 0 Å². The van der Waals surface area contributed by atoms with Gasteiger partial charge in [0.15, 0.2) is 0 Å². The molecule has 5 heteroatoms. The minimum absolute atomic E-state index is 0.340. The van der Waals surface area contributed by atoms with Gasteiger partial charge in [-0.25, -0.2) is 9.97 Å². The summed E-state index contributed by atoms with van der Waals surface area (Å²) >= 11 is 17.3. The molecule has 0 aromatic carbocycles. The van der Waals surface area contributed by atoms with Gasteiger partial charge in [-0.05, 0) is 17.5 Å². The van der Waals surface area contributed by atoms with E-state index in [0.717, 1.165) is 10.8 Å². The van der Waals surface area contributed by atoms with Gasteiger partial charge in [-0.3, -0.25) is 0 Å². The molecule has 0 fully saturated rings. The standard InChI is InChI=1S/C8H3Cl3N2/c9-6-1-4-2-7(10)13-8(11)5(4)3-12-6/h1-3H.